The van der Waals surface area contributed by atoms with E-state index >= 15 is 0 Å². The van der Waals surface area contributed by atoms with Gasteiger partial charge >= 0.3 is 0 Å². The molecule has 2 N–H and O–H groups in total. The van der Waals surface area contributed by atoms with Gasteiger partial charge in [0.25, 0.3) is 5.91 Å². The lowest BCUT2D eigenvalue weighted by Crippen LogP contribution is -2.44. The maximum Gasteiger partial charge on any atom is 0.253 e. The van der Waals surface area contributed by atoms with E-state index < -0.39 is 0 Å². The molecular weight excluding hydrogens is 446 g/mol. The second-order valence-corrected chi connectivity index (χ2v) is 8.52. The summed E-state index contributed by atoms with van der Waals surface area (Å²) in [7, 11) is 0. The molecular formula is C23H26BrN3O3. The molecule has 1 saturated heterocycles. The van der Waals surface area contributed by atoms with Crippen LogP contribution in [0.25, 0.3) is 0 Å². The molecule has 0 bridgehead atoms. The summed E-state index contributed by atoms with van der Waals surface area (Å²) in [6.07, 6.45) is 1.18. The summed E-state index contributed by atoms with van der Waals surface area (Å²) in [6, 6.07) is 13.1. The van der Waals surface area contributed by atoms with Gasteiger partial charge in [-0.2, -0.15) is 0 Å². The summed E-state index contributed by atoms with van der Waals surface area (Å²) in [6.45, 7) is 4.86. The molecule has 0 radical (unpaired) electrons. The fourth-order valence-corrected chi connectivity index (χ4v) is 3.89. The fraction of sp³-hybridized carbons (Fsp3) is 0.348. The van der Waals surface area contributed by atoms with Crippen molar-refractivity contribution in [3.63, 3.8) is 0 Å². The number of benzene rings is 2. The lowest BCUT2D eigenvalue weighted by molar-refractivity contribution is -0.128. The fourth-order valence-electron chi connectivity index (χ4n) is 3.63. The minimum Gasteiger partial charge on any atom is -0.347 e. The zero-order chi connectivity index (χ0) is 21.7. The van der Waals surface area contributed by atoms with Gasteiger partial charge in [-0.3, -0.25) is 14.4 Å². The van der Waals surface area contributed by atoms with Gasteiger partial charge in [0.15, 0.2) is 0 Å². The van der Waals surface area contributed by atoms with E-state index in [-0.39, 0.29) is 30.2 Å². The van der Waals surface area contributed by atoms with E-state index in [0.717, 1.165) is 21.3 Å². The molecule has 3 amide bonds. The first kappa shape index (κ1) is 22.0. The van der Waals surface area contributed by atoms with Gasteiger partial charge in [-0.1, -0.05) is 34.1 Å². The second kappa shape index (κ2) is 9.89. The summed E-state index contributed by atoms with van der Waals surface area (Å²) in [5.74, 6) is -0.590. The van der Waals surface area contributed by atoms with Gasteiger partial charge in [-0.15, -0.1) is 0 Å². The molecule has 0 aromatic heterocycles. The van der Waals surface area contributed by atoms with Crippen molar-refractivity contribution in [2.75, 3.05) is 25.0 Å². The molecule has 0 saturated carbocycles. The highest BCUT2D eigenvalue weighted by molar-refractivity contribution is 9.10. The Kier molecular flexibility index (Phi) is 7.26. The Hall–Kier alpha value is -2.67. The van der Waals surface area contributed by atoms with Crippen LogP contribution in [0.2, 0.25) is 0 Å². The van der Waals surface area contributed by atoms with Crippen LogP contribution in [-0.2, 0) is 9.59 Å². The number of hydrogen-bond donors (Lipinski definition) is 2. The van der Waals surface area contributed by atoms with E-state index in [1.165, 1.54) is 0 Å². The third-order valence-corrected chi connectivity index (χ3v) is 5.94. The number of likely N-dealkylation sites (tertiary alicyclic amines) is 1. The van der Waals surface area contributed by atoms with Gasteiger partial charge in [0.05, 0.1) is 6.54 Å². The van der Waals surface area contributed by atoms with Gasteiger partial charge in [0.1, 0.15) is 0 Å². The van der Waals surface area contributed by atoms with E-state index in [0.29, 0.717) is 31.5 Å². The average molecular weight is 472 g/mol. The molecule has 30 heavy (non-hydrogen) atoms. The first-order chi connectivity index (χ1) is 14.3. The smallest absolute Gasteiger partial charge is 0.253 e. The molecule has 7 heteroatoms. The van der Waals surface area contributed by atoms with Gasteiger partial charge in [0, 0.05) is 34.7 Å². The Morgan fingerprint density at radius 1 is 1.00 bits per heavy atom. The Morgan fingerprint density at radius 3 is 2.20 bits per heavy atom. The van der Waals surface area contributed by atoms with Crippen molar-refractivity contribution >= 4 is 39.3 Å². The molecule has 6 nitrogen and oxygen atoms in total. The number of aryl methyl sites for hydroxylation is 2. The Bertz CT molecular complexity index is 915. The maximum absolute atomic E-state index is 12.6. The molecule has 3 rings (SSSR count). The number of halogens is 1. The van der Waals surface area contributed by atoms with Crippen molar-refractivity contribution in [3.8, 4) is 0 Å². The minimum absolute atomic E-state index is 0.0191. The summed E-state index contributed by atoms with van der Waals surface area (Å²) in [5, 5.41) is 5.60. The summed E-state index contributed by atoms with van der Waals surface area (Å²) in [4.78, 5) is 39.1. The Balaban J connectivity index is 1.45. The molecule has 0 aliphatic carbocycles. The molecule has 1 aliphatic heterocycles. The van der Waals surface area contributed by atoms with Crippen molar-refractivity contribution in [1.82, 2.24) is 10.2 Å². The molecule has 1 heterocycles. The standard InChI is InChI=1S/C23H26BrN3O3/c1-15-4-3-5-16(2)21(15)26-20(28)14-25-22(29)17-10-12-27(13-11-17)23(30)18-6-8-19(24)9-7-18/h3-9,17H,10-14H2,1-2H3,(H,25,29)(H,26,28). The van der Waals surface area contributed by atoms with Crippen LogP contribution in [0.1, 0.15) is 34.3 Å². The molecule has 1 fully saturated rings. The SMILES string of the molecule is Cc1cccc(C)c1NC(=O)CNC(=O)C1CCN(C(=O)c2ccc(Br)cc2)CC1. The van der Waals surface area contributed by atoms with Crippen molar-refractivity contribution in [1.29, 1.82) is 0 Å². The first-order valence-electron chi connectivity index (χ1n) is 10.0. The van der Waals surface area contributed by atoms with Gasteiger partial charge in [0.2, 0.25) is 11.8 Å². The van der Waals surface area contributed by atoms with Gasteiger partial charge in [-0.25, -0.2) is 0 Å². The van der Waals surface area contributed by atoms with E-state index in [1.807, 2.05) is 44.2 Å². The second-order valence-electron chi connectivity index (χ2n) is 7.61. The van der Waals surface area contributed by atoms with Crippen molar-refractivity contribution in [3.05, 3.63) is 63.6 Å². The van der Waals surface area contributed by atoms with Gasteiger partial charge in [-0.05, 0) is 62.1 Å². The largest absolute Gasteiger partial charge is 0.347 e. The van der Waals surface area contributed by atoms with Crippen LogP contribution < -0.4 is 10.6 Å². The van der Waals surface area contributed by atoms with Crippen molar-refractivity contribution in [2.45, 2.75) is 26.7 Å². The topological polar surface area (TPSA) is 78.5 Å². The van der Waals surface area contributed by atoms with Crippen LogP contribution in [0.5, 0.6) is 0 Å². The molecule has 1 aliphatic rings. The summed E-state index contributed by atoms with van der Waals surface area (Å²) < 4.78 is 0.927. The quantitative estimate of drug-likeness (QED) is 0.697. The van der Waals surface area contributed by atoms with Crippen LogP contribution in [0, 0.1) is 19.8 Å². The number of rotatable bonds is 5. The lowest BCUT2D eigenvalue weighted by Gasteiger charge is -2.31. The maximum atomic E-state index is 12.6. The number of carbonyl (C=O) groups is 3. The number of piperidine rings is 1. The van der Waals surface area contributed by atoms with Crippen LogP contribution >= 0.6 is 15.9 Å². The van der Waals surface area contributed by atoms with Gasteiger partial charge < -0.3 is 15.5 Å². The van der Waals surface area contributed by atoms with Crippen molar-refractivity contribution in [2.24, 2.45) is 5.92 Å². The Labute approximate surface area is 185 Å². The lowest BCUT2D eigenvalue weighted by atomic mass is 9.95. The Morgan fingerprint density at radius 2 is 1.60 bits per heavy atom. The summed E-state index contributed by atoms with van der Waals surface area (Å²) >= 11 is 3.37. The number of nitrogens with zero attached hydrogens (tertiary/aromatic N) is 1. The number of hydrogen-bond acceptors (Lipinski definition) is 3. The molecule has 0 spiro atoms. The monoisotopic (exact) mass is 471 g/mol. The predicted molar refractivity (Wildman–Crippen MR) is 120 cm³/mol. The zero-order valence-electron chi connectivity index (χ0n) is 17.2. The highest BCUT2D eigenvalue weighted by Gasteiger charge is 2.28. The van der Waals surface area contributed by atoms with E-state index in [1.54, 1.807) is 17.0 Å². The molecule has 2 aromatic carbocycles. The van der Waals surface area contributed by atoms with Crippen molar-refractivity contribution < 1.29 is 14.4 Å². The highest BCUT2D eigenvalue weighted by Crippen LogP contribution is 2.21. The average Bonchev–Trinajstić information content (AvgIpc) is 2.75. The number of nitrogens with one attached hydrogen (secondary N) is 2. The number of anilines is 1. The predicted octanol–water partition coefficient (Wildman–Crippen LogP) is 3.67. The first-order valence-corrected chi connectivity index (χ1v) is 10.8. The number of amides is 3. The highest BCUT2D eigenvalue weighted by atomic mass is 79.9. The van der Waals surface area contributed by atoms with E-state index in [4.69, 9.17) is 0 Å². The third kappa shape index (κ3) is 5.48. The molecule has 2 aromatic rings. The zero-order valence-corrected chi connectivity index (χ0v) is 18.8. The molecule has 158 valence electrons. The van der Waals surface area contributed by atoms with E-state index in [9.17, 15) is 14.4 Å². The van der Waals surface area contributed by atoms with Crippen LogP contribution in [0.4, 0.5) is 5.69 Å². The number of para-hydroxylation sites is 1. The summed E-state index contributed by atoms with van der Waals surface area (Å²) in [5.41, 5.74) is 3.40. The van der Waals surface area contributed by atoms with E-state index in [2.05, 4.69) is 26.6 Å². The molecule has 0 atom stereocenters. The molecule has 0 unspecified atom stereocenters. The van der Waals surface area contributed by atoms with Crippen LogP contribution in [-0.4, -0.2) is 42.3 Å². The number of carbonyl (C=O) groups excluding carboxylic acids is 3. The van der Waals surface area contributed by atoms with Crippen LogP contribution in [0.15, 0.2) is 46.9 Å². The normalized spacial score (nSPS) is 14.3. The van der Waals surface area contributed by atoms with Crippen LogP contribution in [0.3, 0.4) is 0 Å². The minimum atomic E-state index is -0.247. The third-order valence-electron chi connectivity index (χ3n) is 5.41.